The maximum absolute atomic E-state index is 12.1. The molecule has 0 aromatic carbocycles. The van der Waals surface area contributed by atoms with Gasteiger partial charge in [0.2, 0.25) is 6.43 Å². The van der Waals surface area contributed by atoms with Crippen LogP contribution >= 0.6 is 0 Å². The van der Waals surface area contributed by atoms with Crippen molar-refractivity contribution in [2.75, 3.05) is 13.1 Å². The molecule has 0 aromatic rings. The highest BCUT2D eigenvalue weighted by Gasteiger charge is 2.63. The molecule has 2 atom stereocenters. The fourth-order valence-corrected chi connectivity index (χ4v) is 1.72. The quantitative estimate of drug-likeness (QED) is 0.559. The standard InChI is InChI=1S/C6H9F2N/c7-5(8)6-1-4(6)2-9-3-6/h4-5,9H,1-3H2/t4-,6+/m0/s1. The van der Waals surface area contributed by atoms with Crippen LogP contribution < -0.4 is 5.32 Å². The molecule has 52 valence electrons. The highest BCUT2D eigenvalue weighted by Crippen LogP contribution is 2.58. The largest absolute Gasteiger partial charge is 0.316 e. The molecule has 1 saturated carbocycles. The number of hydrogen-bond donors (Lipinski definition) is 1. The minimum absolute atomic E-state index is 0.289. The number of nitrogens with one attached hydrogen (secondary N) is 1. The van der Waals surface area contributed by atoms with E-state index in [2.05, 4.69) is 5.32 Å². The Morgan fingerprint density at radius 3 is 2.56 bits per heavy atom. The lowest BCUT2D eigenvalue weighted by Crippen LogP contribution is -2.21. The van der Waals surface area contributed by atoms with E-state index in [-0.39, 0.29) is 5.92 Å². The monoisotopic (exact) mass is 133 g/mol. The van der Waals surface area contributed by atoms with Crippen molar-refractivity contribution >= 4 is 0 Å². The number of alkyl halides is 2. The van der Waals surface area contributed by atoms with Gasteiger partial charge in [0.15, 0.2) is 0 Å². The third-order valence-corrected chi connectivity index (χ3v) is 2.56. The topological polar surface area (TPSA) is 12.0 Å². The molecule has 0 amide bonds. The maximum atomic E-state index is 12.1. The lowest BCUT2D eigenvalue weighted by Gasteiger charge is -2.07. The van der Waals surface area contributed by atoms with Crippen LogP contribution in [-0.4, -0.2) is 19.5 Å². The van der Waals surface area contributed by atoms with Gasteiger partial charge in [-0.25, -0.2) is 8.78 Å². The van der Waals surface area contributed by atoms with E-state index in [0.29, 0.717) is 6.54 Å². The number of hydrogen-bond acceptors (Lipinski definition) is 1. The van der Waals surface area contributed by atoms with Gasteiger partial charge in [-0.05, 0) is 18.9 Å². The molecular formula is C6H9F2N. The van der Waals surface area contributed by atoms with E-state index in [9.17, 15) is 8.78 Å². The molecule has 1 saturated heterocycles. The molecule has 2 rings (SSSR count). The SMILES string of the molecule is FC(F)[C@]12CNC[C@@H]1C2. The Kier molecular flexibility index (Phi) is 0.903. The Morgan fingerprint density at radius 2 is 2.33 bits per heavy atom. The van der Waals surface area contributed by atoms with Crippen molar-refractivity contribution in [1.29, 1.82) is 0 Å². The minimum Gasteiger partial charge on any atom is -0.316 e. The van der Waals surface area contributed by atoms with Gasteiger partial charge in [0.1, 0.15) is 0 Å². The zero-order chi connectivity index (χ0) is 6.48. The molecule has 1 heterocycles. The lowest BCUT2D eigenvalue weighted by atomic mass is 10.1. The van der Waals surface area contributed by atoms with E-state index in [1.165, 1.54) is 0 Å². The van der Waals surface area contributed by atoms with Gasteiger partial charge in [0, 0.05) is 12.0 Å². The van der Waals surface area contributed by atoms with Crippen LogP contribution in [0.5, 0.6) is 0 Å². The van der Waals surface area contributed by atoms with Crippen LogP contribution in [-0.2, 0) is 0 Å². The molecule has 1 N–H and O–H groups in total. The molecule has 1 aliphatic heterocycles. The third kappa shape index (κ3) is 0.556. The van der Waals surface area contributed by atoms with Gasteiger partial charge >= 0.3 is 0 Å². The van der Waals surface area contributed by atoms with Gasteiger partial charge in [-0.3, -0.25) is 0 Å². The van der Waals surface area contributed by atoms with Gasteiger partial charge in [-0.15, -0.1) is 0 Å². The smallest absolute Gasteiger partial charge is 0.245 e. The molecule has 2 aliphatic rings. The molecule has 0 bridgehead atoms. The number of piperidine rings is 1. The fraction of sp³-hybridized carbons (Fsp3) is 1.00. The van der Waals surface area contributed by atoms with Gasteiger partial charge in [-0.2, -0.15) is 0 Å². The maximum Gasteiger partial charge on any atom is 0.245 e. The average molecular weight is 133 g/mol. The normalized spacial score (nSPS) is 47.7. The molecule has 2 fully saturated rings. The van der Waals surface area contributed by atoms with Gasteiger partial charge in [-0.1, -0.05) is 0 Å². The van der Waals surface area contributed by atoms with Crippen molar-refractivity contribution in [3.8, 4) is 0 Å². The highest BCUT2D eigenvalue weighted by molar-refractivity contribution is 5.10. The van der Waals surface area contributed by atoms with Crippen molar-refractivity contribution < 1.29 is 8.78 Å². The summed E-state index contributed by atoms with van der Waals surface area (Å²) < 4.78 is 24.3. The number of halogens is 2. The van der Waals surface area contributed by atoms with E-state index in [1.54, 1.807) is 0 Å². The van der Waals surface area contributed by atoms with E-state index in [4.69, 9.17) is 0 Å². The summed E-state index contributed by atoms with van der Waals surface area (Å²) in [5.74, 6) is 0.289. The first-order valence-electron chi connectivity index (χ1n) is 3.24. The lowest BCUT2D eigenvalue weighted by molar-refractivity contribution is 0.0642. The van der Waals surface area contributed by atoms with Crippen molar-refractivity contribution in [3.63, 3.8) is 0 Å². The summed E-state index contributed by atoms with van der Waals surface area (Å²) in [6.45, 7) is 1.35. The first-order chi connectivity index (χ1) is 4.26. The zero-order valence-corrected chi connectivity index (χ0v) is 5.03. The van der Waals surface area contributed by atoms with E-state index in [1.807, 2.05) is 0 Å². The Labute approximate surface area is 52.4 Å². The molecule has 9 heavy (non-hydrogen) atoms. The number of rotatable bonds is 1. The van der Waals surface area contributed by atoms with E-state index >= 15 is 0 Å². The molecular weight excluding hydrogens is 124 g/mol. The molecule has 0 radical (unpaired) electrons. The third-order valence-electron chi connectivity index (χ3n) is 2.56. The summed E-state index contributed by atoms with van der Waals surface area (Å²) >= 11 is 0. The van der Waals surface area contributed by atoms with Crippen LogP contribution in [0, 0.1) is 11.3 Å². The predicted octanol–water partition coefficient (Wildman–Crippen LogP) is 0.861. The average Bonchev–Trinajstić information content (AvgIpc) is 2.38. The number of fused-ring (bicyclic) bond motifs is 1. The summed E-state index contributed by atoms with van der Waals surface area (Å²) in [5.41, 5.74) is -0.583. The summed E-state index contributed by atoms with van der Waals surface area (Å²) in [7, 11) is 0. The second kappa shape index (κ2) is 1.45. The van der Waals surface area contributed by atoms with Crippen LogP contribution in [0.15, 0.2) is 0 Å². The Balaban J connectivity index is 2.10. The van der Waals surface area contributed by atoms with Gasteiger partial charge in [0.25, 0.3) is 0 Å². The van der Waals surface area contributed by atoms with E-state index in [0.717, 1.165) is 13.0 Å². The first-order valence-corrected chi connectivity index (χ1v) is 3.24. The molecule has 0 aromatic heterocycles. The summed E-state index contributed by atoms with van der Waals surface area (Å²) in [6.07, 6.45) is -1.35. The van der Waals surface area contributed by atoms with Crippen molar-refractivity contribution in [1.82, 2.24) is 5.32 Å². The van der Waals surface area contributed by atoms with Gasteiger partial charge in [0.05, 0.1) is 0 Å². The van der Waals surface area contributed by atoms with Crippen LogP contribution in [0.3, 0.4) is 0 Å². The summed E-state index contributed by atoms with van der Waals surface area (Å²) in [5, 5.41) is 2.96. The van der Waals surface area contributed by atoms with E-state index < -0.39 is 11.8 Å². The minimum atomic E-state index is -2.10. The summed E-state index contributed by atoms with van der Waals surface area (Å²) in [6, 6.07) is 0. The molecule has 0 unspecified atom stereocenters. The molecule has 0 spiro atoms. The first kappa shape index (κ1) is 5.59. The second-order valence-corrected chi connectivity index (χ2v) is 3.07. The molecule has 1 aliphatic carbocycles. The van der Waals surface area contributed by atoms with Crippen molar-refractivity contribution in [2.24, 2.45) is 11.3 Å². The Bertz CT molecular complexity index is 133. The molecule has 3 heteroatoms. The highest BCUT2D eigenvalue weighted by atomic mass is 19.3. The van der Waals surface area contributed by atoms with Crippen LogP contribution in [0.25, 0.3) is 0 Å². The predicted molar refractivity (Wildman–Crippen MR) is 29.4 cm³/mol. The fourth-order valence-electron chi connectivity index (χ4n) is 1.72. The van der Waals surface area contributed by atoms with Gasteiger partial charge < -0.3 is 5.32 Å². The zero-order valence-electron chi connectivity index (χ0n) is 5.03. The Morgan fingerprint density at radius 1 is 1.56 bits per heavy atom. The Hall–Kier alpha value is -0.180. The van der Waals surface area contributed by atoms with Crippen molar-refractivity contribution in [3.05, 3.63) is 0 Å². The van der Waals surface area contributed by atoms with Crippen LogP contribution in [0.4, 0.5) is 8.78 Å². The van der Waals surface area contributed by atoms with Crippen molar-refractivity contribution in [2.45, 2.75) is 12.8 Å². The summed E-state index contributed by atoms with van der Waals surface area (Å²) in [4.78, 5) is 0. The van der Waals surface area contributed by atoms with Crippen LogP contribution in [0.2, 0.25) is 0 Å². The molecule has 1 nitrogen and oxygen atoms in total. The van der Waals surface area contributed by atoms with Crippen LogP contribution in [0.1, 0.15) is 6.42 Å². The second-order valence-electron chi connectivity index (χ2n) is 3.07.